The standard InChI is InChI=1S/C21H29N3O/c1-23(12-5-15-25)20-9-13-24(14-10-20)17-18-6-4-7-19(16-18)21-8-2-3-11-22-21/h2-4,6-8,11,16,20,25H,5,9-10,12-15,17H2,1H3. The summed E-state index contributed by atoms with van der Waals surface area (Å²) in [6.07, 6.45) is 5.14. The minimum absolute atomic E-state index is 0.287. The number of pyridine rings is 1. The van der Waals surface area contributed by atoms with E-state index < -0.39 is 0 Å². The van der Waals surface area contributed by atoms with E-state index in [1.165, 1.54) is 24.0 Å². The van der Waals surface area contributed by atoms with Crippen molar-refractivity contribution in [3.05, 3.63) is 54.2 Å². The maximum atomic E-state index is 8.99. The second-order valence-corrected chi connectivity index (χ2v) is 6.98. The number of likely N-dealkylation sites (tertiary alicyclic amines) is 1. The molecule has 4 nitrogen and oxygen atoms in total. The van der Waals surface area contributed by atoms with Gasteiger partial charge in [0.1, 0.15) is 0 Å². The summed E-state index contributed by atoms with van der Waals surface area (Å²) < 4.78 is 0. The third-order valence-electron chi connectivity index (χ3n) is 5.14. The van der Waals surface area contributed by atoms with E-state index in [1.807, 2.05) is 18.3 Å². The van der Waals surface area contributed by atoms with Crippen molar-refractivity contribution in [3.8, 4) is 11.3 Å². The number of hydrogen-bond donors (Lipinski definition) is 1. The maximum Gasteiger partial charge on any atom is 0.0702 e. The summed E-state index contributed by atoms with van der Waals surface area (Å²) in [6, 6.07) is 15.5. The average molecular weight is 339 g/mol. The summed E-state index contributed by atoms with van der Waals surface area (Å²) in [7, 11) is 2.19. The molecule has 0 saturated carbocycles. The van der Waals surface area contributed by atoms with Crippen LogP contribution in [0.5, 0.6) is 0 Å². The third-order valence-corrected chi connectivity index (χ3v) is 5.14. The Morgan fingerprint density at radius 3 is 2.72 bits per heavy atom. The zero-order valence-electron chi connectivity index (χ0n) is 15.1. The largest absolute Gasteiger partial charge is 0.396 e. The predicted molar refractivity (Wildman–Crippen MR) is 102 cm³/mol. The van der Waals surface area contributed by atoms with Crippen LogP contribution in [0, 0.1) is 0 Å². The van der Waals surface area contributed by atoms with Crippen LogP contribution < -0.4 is 0 Å². The van der Waals surface area contributed by atoms with Crippen molar-refractivity contribution in [3.63, 3.8) is 0 Å². The summed E-state index contributed by atoms with van der Waals surface area (Å²) in [5.41, 5.74) is 3.58. The van der Waals surface area contributed by atoms with Crippen molar-refractivity contribution in [2.45, 2.75) is 31.8 Å². The van der Waals surface area contributed by atoms with Crippen molar-refractivity contribution in [2.75, 3.05) is 33.3 Å². The van der Waals surface area contributed by atoms with Gasteiger partial charge in [0.25, 0.3) is 0 Å². The Kier molecular flexibility index (Phi) is 6.56. The lowest BCUT2D eigenvalue weighted by atomic mass is 10.0. The number of rotatable bonds is 7. The van der Waals surface area contributed by atoms with Gasteiger partial charge in [0.05, 0.1) is 5.69 Å². The zero-order valence-corrected chi connectivity index (χ0v) is 15.1. The Bertz CT molecular complexity index is 639. The summed E-state index contributed by atoms with van der Waals surface area (Å²) in [5.74, 6) is 0. The molecule has 0 amide bonds. The highest BCUT2D eigenvalue weighted by atomic mass is 16.3. The second-order valence-electron chi connectivity index (χ2n) is 6.98. The van der Waals surface area contributed by atoms with Gasteiger partial charge in [-0.25, -0.2) is 0 Å². The van der Waals surface area contributed by atoms with Gasteiger partial charge in [0.2, 0.25) is 0 Å². The monoisotopic (exact) mass is 339 g/mol. The van der Waals surface area contributed by atoms with E-state index in [-0.39, 0.29) is 6.61 Å². The highest BCUT2D eigenvalue weighted by molar-refractivity contribution is 5.59. The molecule has 0 unspecified atom stereocenters. The van der Waals surface area contributed by atoms with E-state index in [9.17, 15) is 0 Å². The normalized spacial score (nSPS) is 16.4. The maximum absolute atomic E-state index is 8.99. The Morgan fingerprint density at radius 2 is 2.00 bits per heavy atom. The number of aromatic nitrogens is 1. The lowest BCUT2D eigenvalue weighted by Gasteiger charge is -2.36. The molecule has 134 valence electrons. The molecule has 1 saturated heterocycles. The van der Waals surface area contributed by atoms with Crippen LogP contribution in [0.25, 0.3) is 11.3 Å². The molecule has 1 aromatic carbocycles. The van der Waals surface area contributed by atoms with Gasteiger partial charge in [-0.1, -0.05) is 24.3 Å². The summed E-state index contributed by atoms with van der Waals surface area (Å²) in [5, 5.41) is 8.99. The Morgan fingerprint density at radius 1 is 1.16 bits per heavy atom. The van der Waals surface area contributed by atoms with Gasteiger partial charge in [-0.2, -0.15) is 0 Å². The number of piperidine rings is 1. The summed E-state index contributed by atoms with van der Waals surface area (Å²) >= 11 is 0. The first-order chi connectivity index (χ1) is 12.3. The minimum Gasteiger partial charge on any atom is -0.396 e. The van der Waals surface area contributed by atoms with E-state index in [0.717, 1.165) is 38.3 Å². The van der Waals surface area contributed by atoms with Gasteiger partial charge in [0.15, 0.2) is 0 Å². The van der Waals surface area contributed by atoms with E-state index in [0.29, 0.717) is 6.04 Å². The van der Waals surface area contributed by atoms with Crippen LogP contribution in [-0.2, 0) is 6.54 Å². The highest BCUT2D eigenvalue weighted by Gasteiger charge is 2.22. The first kappa shape index (κ1) is 18.1. The van der Waals surface area contributed by atoms with Gasteiger partial charge < -0.3 is 10.0 Å². The molecule has 1 N–H and O–H groups in total. The molecular formula is C21H29N3O. The van der Waals surface area contributed by atoms with Gasteiger partial charge in [0, 0.05) is 37.5 Å². The fraction of sp³-hybridized carbons (Fsp3) is 0.476. The Hall–Kier alpha value is -1.75. The van der Waals surface area contributed by atoms with Crippen LogP contribution in [0.15, 0.2) is 48.7 Å². The molecule has 0 aliphatic carbocycles. The molecule has 1 aromatic heterocycles. The topological polar surface area (TPSA) is 39.6 Å². The number of hydrogen-bond acceptors (Lipinski definition) is 4. The number of nitrogens with zero attached hydrogens (tertiary/aromatic N) is 3. The lowest BCUT2D eigenvalue weighted by Crippen LogP contribution is -2.43. The van der Waals surface area contributed by atoms with Gasteiger partial charge in [-0.15, -0.1) is 0 Å². The average Bonchev–Trinajstić information content (AvgIpc) is 2.67. The van der Waals surface area contributed by atoms with Crippen molar-refractivity contribution in [1.82, 2.24) is 14.8 Å². The molecular weight excluding hydrogens is 310 g/mol. The summed E-state index contributed by atoms with van der Waals surface area (Å²) in [4.78, 5) is 9.42. The van der Waals surface area contributed by atoms with Gasteiger partial charge in [-0.3, -0.25) is 9.88 Å². The molecule has 1 aliphatic rings. The van der Waals surface area contributed by atoms with Crippen LogP contribution >= 0.6 is 0 Å². The van der Waals surface area contributed by atoms with Crippen LogP contribution in [-0.4, -0.2) is 59.2 Å². The van der Waals surface area contributed by atoms with Crippen LogP contribution in [0.3, 0.4) is 0 Å². The molecule has 1 aliphatic heterocycles. The van der Waals surface area contributed by atoms with Crippen molar-refractivity contribution < 1.29 is 5.11 Å². The van der Waals surface area contributed by atoms with Crippen LogP contribution in [0.2, 0.25) is 0 Å². The van der Waals surface area contributed by atoms with Gasteiger partial charge in [-0.05, 0) is 63.2 Å². The molecule has 0 atom stereocenters. The van der Waals surface area contributed by atoms with Crippen LogP contribution in [0.1, 0.15) is 24.8 Å². The molecule has 4 heteroatoms. The Labute approximate surface area is 151 Å². The quantitative estimate of drug-likeness (QED) is 0.842. The smallest absolute Gasteiger partial charge is 0.0702 e. The molecule has 2 aromatic rings. The van der Waals surface area contributed by atoms with E-state index in [1.54, 1.807) is 0 Å². The molecule has 0 spiro atoms. The van der Waals surface area contributed by atoms with Crippen molar-refractivity contribution >= 4 is 0 Å². The molecule has 3 rings (SSSR count). The molecule has 0 bridgehead atoms. The van der Waals surface area contributed by atoms with E-state index >= 15 is 0 Å². The minimum atomic E-state index is 0.287. The molecule has 0 radical (unpaired) electrons. The predicted octanol–water partition coefficient (Wildman–Crippen LogP) is 3.03. The van der Waals surface area contributed by atoms with Gasteiger partial charge >= 0.3 is 0 Å². The van der Waals surface area contributed by atoms with Crippen molar-refractivity contribution in [2.24, 2.45) is 0 Å². The fourth-order valence-electron chi connectivity index (χ4n) is 3.64. The second kappa shape index (κ2) is 9.09. The summed E-state index contributed by atoms with van der Waals surface area (Å²) in [6.45, 7) is 4.57. The SMILES string of the molecule is CN(CCCO)C1CCN(Cc2cccc(-c3ccccn3)c2)CC1. The third kappa shape index (κ3) is 5.11. The number of aliphatic hydroxyl groups is 1. The fourth-order valence-corrected chi connectivity index (χ4v) is 3.64. The number of benzene rings is 1. The molecule has 1 fully saturated rings. The first-order valence-corrected chi connectivity index (χ1v) is 9.30. The highest BCUT2D eigenvalue weighted by Crippen LogP contribution is 2.21. The van der Waals surface area contributed by atoms with E-state index in [4.69, 9.17) is 5.11 Å². The van der Waals surface area contributed by atoms with Crippen molar-refractivity contribution in [1.29, 1.82) is 0 Å². The van der Waals surface area contributed by atoms with Crippen LogP contribution in [0.4, 0.5) is 0 Å². The van der Waals surface area contributed by atoms with E-state index in [2.05, 4.69) is 52.2 Å². The zero-order chi connectivity index (χ0) is 17.5. The lowest BCUT2D eigenvalue weighted by molar-refractivity contribution is 0.117. The molecule has 25 heavy (non-hydrogen) atoms. The number of aliphatic hydroxyl groups excluding tert-OH is 1. The Balaban J connectivity index is 1.54. The first-order valence-electron chi connectivity index (χ1n) is 9.30. The molecule has 2 heterocycles.